The van der Waals surface area contributed by atoms with Gasteiger partial charge in [0.2, 0.25) is 5.91 Å². The Balaban J connectivity index is 1.57. The number of amides is 1. The van der Waals surface area contributed by atoms with Crippen molar-refractivity contribution in [3.63, 3.8) is 0 Å². The Labute approximate surface area is 171 Å². The lowest BCUT2D eigenvalue weighted by atomic mass is 9.94. The second-order valence-corrected chi connectivity index (χ2v) is 7.42. The quantitative estimate of drug-likeness (QED) is 0.700. The van der Waals surface area contributed by atoms with Crippen LogP contribution < -0.4 is 0 Å². The molecule has 1 aliphatic rings. The smallest absolute Gasteiger partial charge is 0.306 e. The molecule has 1 aliphatic heterocycles. The summed E-state index contributed by atoms with van der Waals surface area (Å²) in [6, 6.07) is 17.5. The second kappa shape index (κ2) is 9.88. The zero-order chi connectivity index (χ0) is 20.6. The fraction of sp³-hybridized carbons (Fsp3) is 0.375. The average molecular weight is 390 g/mol. The molecule has 0 N–H and O–H groups in total. The number of benzene rings is 2. The maximum atomic E-state index is 12.7. The molecule has 150 valence electrons. The largest absolute Gasteiger partial charge is 0.466 e. The summed E-state index contributed by atoms with van der Waals surface area (Å²) in [4.78, 5) is 26.3. The standard InChI is InChI=1S/C24H26N2O3/c1-2-29-24(28)15-20-4-3-13-26(17-20)23(27)14-18-5-9-21(10-6-18)22-11-7-19(16-25)8-12-22/h5-12,20H,2-4,13-15,17H2,1H3. The van der Waals surface area contributed by atoms with Crippen LogP contribution in [0.25, 0.3) is 11.1 Å². The summed E-state index contributed by atoms with van der Waals surface area (Å²) in [5.41, 5.74) is 3.71. The van der Waals surface area contributed by atoms with E-state index in [-0.39, 0.29) is 17.8 Å². The van der Waals surface area contributed by atoms with E-state index in [2.05, 4.69) is 6.07 Å². The van der Waals surface area contributed by atoms with Crippen molar-refractivity contribution in [3.8, 4) is 17.2 Å². The minimum Gasteiger partial charge on any atom is -0.466 e. The fourth-order valence-corrected chi connectivity index (χ4v) is 3.75. The molecule has 5 heteroatoms. The van der Waals surface area contributed by atoms with Gasteiger partial charge in [-0.3, -0.25) is 9.59 Å². The molecule has 0 radical (unpaired) electrons. The number of carbonyl (C=O) groups excluding carboxylic acids is 2. The first-order valence-electron chi connectivity index (χ1n) is 10.1. The first kappa shape index (κ1) is 20.6. The minimum absolute atomic E-state index is 0.102. The van der Waals surface area contributed by atoms with Gasteiger partial charge in [0.25, 0.3) is 0 Å². The van der Waals surface area contributed by atoms with E-state index in [0.717, 1.165) is 36.1 Å². The van der Waals surface area contributed by atoms with E-state index in [1.807, 2.05) is 41.3 Å². The van der Waals surface area contributed by atoms with Gasteiger partial charge < -0.3 is 9.64 Å². The summed E-state index contributed by atoms with van der Waals surface area (Å²) in [6.07, 6.45) is 2.63. The molecule has 1 saturated heterocycles. The van der Waals surface area contributed by atoms with Gasteiger partial charge in [0, 0.05) is 13.1 Å². The molecular weight excluding hydrogens is 364 g/mol. The van der Waals surface area contributed by atoms with E-state index in [9.17, 15) is 9.59 Å². The Morgan fingerprint density at radius 3 is 2.38 bits per heavy atom. The third-order valence-corrected chi connectivity index (χ3v) is 5.29. The summed E-state index contributed by atoms with van der Waals surface area (Å²) in [5, 5.41) is 8.90. The number of ether oxygens (including phenoxy) is 1. The number of likely N-dealkylation sites (tertiary alicyclic amines) is 1. The number of hydrogen-bond donors (Lipinski definition) is 0. The summed E-state index contributed by atoms with van der Waals surface area (Å²) in [7, 11) is 0. The van der Waals surface area contributed by atoms with Crippen molar-refractivity contribution in [1.82, 2.24) is 4.90 Å². The Morgan fingerprint density at radius 1 is 1.10 bits per heavy atom. The first-order chi connectivity index (χ1) is 14.1. The van der Waals surface area contributed by atoms with Crippen LogP contribution in [0.2, 0.25) is 0 Å². The molecule has 29 heavy (non-hydrogen) atoms. The van der Waals surface area contributed by atoms with Gasteiger partial charge in [0.05, 0.1) is 31.1 Å². The molecule has 2 aromatic carbocycles. The molecule has 1 fully saturated rings. The molecule has 0 bridgehead atoms. The highest BCUT2D eigenvalue weighted by molar-refractivity contribution is 5.79. The molecule has 0 aromatic heterocycles. The topological polar surface area (TPSA) is 70.4 Å². The van der Waals surface area contributed by atoms with Crippen LogP contribution >= 0.6 is 0 Å². The molecule has 0 saturated carbocycles. The van der Waals surface area contributed by atoms with E-state index >= 15 is 0 Å². The maximum Gasteiger partial charge on any atom is 0.306 e. The van der Waals surface area contributed by atoms with Gasteiger partial charge in [0.15, 0.2) is 0 Å². The van der Waals surface area contributed by atoms with E-state index in [1.165, 1.54) is 0 Å². The van der Waals surface area contributed by atoms with E-state index in [0.29, 0.717) is 31.6 Å². The van der Waals surface area contributed by atoms with Gasteiger partial charge in [-0.15, -0.1) is 0 Å². The molecule has 2 aromatic rings. The van der Waals surface area contributed by atoms with Crippen LogP contribution in [0.15, 0.2) is 48.5 Å². The van der Waals surface area contributed by atoms with Crippen LogP contribution in [-0.4, -0.2) is 36.5 Å². The number of carbonyl (C=O) groups is 2. The molecule has 1 amide bonds. The lowest BCUT2D eigenvalue weighted by Crippen LogP contribution is -2.41. The zero-order valence-electron chi connectivity index (χ0n) is 16.8. The zero-order valence-corrected chi connectivity index (χ0v) is 16.8. The van der Waals surface area contributed by atoms with Crippen LogP contribution in [0, 0.1) is 17.2 Å². The van der Waals surface area contributed by atoms with Gasteiger partial charge in [-0.2, -0.15) is 5.26 Å². The highest BCUT2D eigenvalue weighted by Gasteiger charge is 2.25. The van der Waals surface area contributed by atoms with Crippen LogP contribution in [0.5, 0.6) is 0 Å². The number of nitrogens with zero attached hydrogens (tertiary/aromatic N) is 2. The normalized spacial score (nSPS) is 16.1. The van der Waals surface area contributed by atoms with Crippen molar-refractivity contribution in [2.75, 3.05) is 19.7 Å². The summed E-state index contributed by atoms with van der Waals surface area (Å²) < 4.78 is 5.04. The Kier molecular flexibility index (Phi) is 7.02. The van der Waals surface area contributed by atoms with Crippen molar-refractivity contribution in [2.24, 2.45) is 5.92 Å². The number of nitriles is 1. The van der Waals surface area contributed by atoms with Gasteiger partial charge in [-0.25, -0.2) is 0 Å². The molecule has 0 aliphatic carbocycles. The number of esters is 1. The fourth-order valence-electron chi connectivity index (χ4n) is 3.75. The lowest BCUT2D eigenvalue weighted by Gasteiger charge is -2.32. The average Bonchev–Trinajstić information content (AvgIpc) is 2.75. The van der Waals surface area contributed by atoms with Gasteiger partial charge in [-0.1, -0.05) is 36.4 Å². The molecule has 1 unspecified atom stereocenters. The molecule has 1 atom stereocenters. The highest BCUT2D eigenvalue weighted by Crippen LogP contribution is 2.23. The maximum absolute atomic E-state index is 12.7. The van der Waals surface area contributed by atoms with Crippen molar-refractivity contribution < 1.29 is 14.3 Å². The molecular formula is C24H26N2O3. The molecule has 0 spiro atoms. The Bertz CT molecular complexity index is 882. The Hall–Kier alpha value is -3.13. The van der Waals surface area contributed by atoms with Crippen LogP contribution in [0.4, 0.5) is 0 Å². The number of rotatable bonds is 6. The molecule has 5 nitrogen and oxygen atoms in total. The lowest BCUT2D eigenvalue weighted by molar-refractivity contribution is -0.145. The molecule has 3 rings (SSSR count). The predicted molar refractivity (Wildman–Crippen MR) is 111 cm³/mol. The van der Waals surface area contributed by atoms with Crippen molar-refractivity contribution in [3.05, 3.63) is 59.7 Å². The van der Waals surface area contributed by atoms with Crippen molar-refractivity contribution >= 4 is 11.9 Å². The second-order valence-electron chi connectivity index (χ2n) is 7.42. The van der Waals surface area contributed by atoms with Crippen LogP contribution in [0.1, 0.15) is 37.3 Å². The van der Waals surface area contributed by atoms with E-state index in [1.54, 1.807) is 19.1 Å². The van der Waals surface area contributed by atoms with Gasteiger partial charge in [-0.05, 0) is 54.5 Å². The van der Waals surface area contributed by atoms with E-state index < -0.39 is 0 Å². The Morgan fingerprint density at radius 2 is 1.76 bits per heavy atom. The molecule has 1 heterocycles. The van der Waals surface area contributed by atoms with Crippen LogP contribution in [0.3, 0.4) is 0 Å². The summed E-state index contributed by atoms with van der Waals surface area (Å²) in [5.74, 6) is 0.111. The van der Waals surface area contributed by atoms with Gasteiger partial charge in [0.1, 0.15) is 0 Å². The third kappa shape index (κ3) is 5.68. The third-order valence-electron chi connectivity index (χ3n) is 5.29. The first-order valence-corrected chi connectivity index (χ1v) is 10.1. The van der Waals surface area contributed by atoms with Crippen LogP contribution in [-0.2, 0) is 20.7 Å². The minimum atomic E-state index is -0.176. The van der Waals surface area contributed by atoms with Gasteiger partial charge >= 0.3 is 5.97 Å². The highest BCUT2D eigenvalue weighted by atomic mass is 16.5. The van der Waals surface area contributed by atoms with E-state index in [4.69, 9.17) is 10.00 Å². The van der Waals surface area contributed by atoms with Crippen molar-refractivity contribution in [2.45, 2.75) is 32.6 Å². The van der Waals surface area contributed by atoms with Crippen molar-refractivity contribution in [1.29, 1.82) is 5.26 Å². The predicted octanol–water partition coefficient (Wildman–Crippen LogP) is 3.96. The summed E-state index contributed by atoms with van der Waals surface area (Å²) in [6.45, 7) is 3.58. The SMILES string of the molecule is CCOC(=O)CC1CCCN(C(=O)Cc2ccc(-c3ccc(C#N)cc3)cc2)C1. The summed E-state index contributed by atoms with van der Waals surface area (Å²) >= 11 is 0. The number of hydrogen-bond acceptors (Lipinski definition) is 4. The monoisotopic (exact) mass is 390 g/mol. The number of piperidine rings is 1.